The van der Waals surface area contributed by atoms with Crippen molar-refractivity contribution >= 4 is 11.8 Å². The molecule has 5 heteroatoms. The summed E-state index contributed by atoms with van der Waals surface area (Å²) in [5.74, 6) is 0.780. The molecule has 0 spiro atoms. The van der Waals surface area contributed by atoms with Crippen LogP contribution in [0.1, 0.15) is 51.9 Å². The number of benzene rings is 1. The summed E-state index contributed by atoms with van der Waals surface area (Å²) in [4.78, 5) is 14.3. The lowest BCUT2D eigenvalue weighted by atomic mass is 10.1. The van der Waals surface area contributed by atoms with Crippen molar-refractivity contribution in [3.05, 3.63) is 24.3 Å². The zero-order valence-corrected chi connectivity index (χ0v) is 15.5. The number of carbonyl (C=O) groups excluding carboxylic acids is 1. The fourth-order valence-electron chi connectivity index (χ4n) is 2.99. The van der Waals surface area contributed by atoms with Gasteiger partial charge in [0.2, 0.25) is 0 Å². The number of amides is 1. The first-order valence-electron chi connectivity index (χ1n) is 9.67. The number of hydrogen-bond donors (Lipinski definition) is 1. The van der Waals surface area contributed by atoms with E-state index in [1.807, 2.05) is 24.3 Å². The highest BCUT2D eigenvalue weighted by atomic mass is 16.5. The normalized spacial score (nSPS) is 14.9. The van der Waals surface area contributed by atoms with Gasteiger partial charge in [0.15, 0.2) is 0 Å². The monoisotopic (exact) mass is 348 g/mol. The highest BCUT2D eigenvalue weighted by molar-refractivity contribution is 5.84. The van der Waals surface area contributed by atoms with E-state index in [2.05, 4.69) is 17.1 Å². The van der Waals surface area contributed by atoms with Crippen molar-refractivity contribution in [2.24, 2.45) is 0 Å². The molecular weight excluding hydrogens is 316 g/mol. The summed E-state index contributed by atoms with van der Waals surface area (Å²) in [6.45, 7) is 6.38. The largest absolute Gasteiger partial charge is 0.494 e. The van der Waals surface area contributed by atoms with E-state index >= 15 is 0 Å². The minimum absolute atomic E-state index is 0.405. The average Bonchev–Trinajstić information content (AvgIpc) is 2.63. The highest BCUT2D eigenvalue weighted by Crippen LogP contribution is 2.18. The van der Waals surface area contributed by atoms with Crippen LogP contribution in [0.4, 0.5) is 10.5 Å². The van der Waals surface area contributed by atoms with E-state index in [0.29, 0.717) is 18.9 Å². The van der Waals surface area contributed by atoms with E-state index in [9.17, 15) is 4.79 Å². The standard InChI is InChI=1S/C20H32N2O3/c1-2-3-4-8-15-24-19-11-9-10-18(17-19)21-20(23)25-16-14-22-12-6-5-7-13-22/h9-11,17H,2-8,12-16H2,1H3,(H,21,23). The number of likely N-dealkylation sites (tertiary alicyclic amines) is 1. The Bertz CT molecular complexity index is 501. The second kappa shape index (κ2) is 11.7. The maximum atomic E-state index is 11.9. The first-order valence-corrected chi connectivity index (χ1v) is 9.67. The SMILES string of the molecule is CCCCCCOc1cccc(NC(=O)OCCN2CCCCC2)c1. The van der Waals surface area contributed by atoms with Crippen LogP contribution in [0.5, 0.6) is 5.75 Å². The summed E-state index contributed by atoms with van der Waals surface area (Å²) in [5.41, 5.74) is 0.703. The molecule has 0 unspecified atom stereocenters. The molecule has 0 radical (unpaired) electrons. The number of rotatable bonds is 10. The van der Waals surface area contributed by atoms with Gasteiger partial charge in [0.05, 0.1) is 6.61 Å². The number of unbranched alkanes of at least 4 members (excludes halogenated alkanes) is 3. The lowest BCUT2D eigenvalue weighted by molar-refractivity contribution is 0.131. The Balaban J connectivity index is 1.64. The summed E-state index contributed by atoms with van der Waals surface area (Å²) in [6.07, 6.45) is 8.12. The van der Waals surface area contributed by atoms with Gasteiger partial charge in [-0.25, -0.2) is 4.79 Å². The number of ether oxygens (including phenoxy) is 2. The first kappa shape index (κ1) is 19.6. The van der Waals surface area contributed by atoms with E-state index in [1.54, 1.807) is 0 Å². The van der Waals surface area contributed by atoms with E-state index in [0.717, 1.165) is 31.8 Å². The number of hydrogen-bond acceptors (Lipinski definition) is 4. The van der Waals surface area contributed by atoms with Gasteiger partial charge in [-0.15, -0.1) is 0 Å². The third-order valence-corrected chi connectivity index (χ3v) is 4.44. The number of piperidine rings is 1. The molecule has 25 heavy (non-hydrogen) atoms. The van der Waals surface area contributed by atoms with E-state index < -0.39 is 6.09 Å². The molecule has 1 aromatic carbocycles. The van der Waals surface area contributed by atoms with Crippen molar-refractivity contribution in [2.75, 3.05) is 38.2 Å². The summed E-state index contributed by atoms with van der Waals surface area (Å²) >= 11 is 0. The van der Waals surface area contributed by atoms with Gasteiger partial charge in [-0.05, 0) is 44.5 Å². The van der Waals surface area contributed by atoms with Gasteiger partial charge < -0.3 is 9.47 Å². The fraction of sp³-hybridized carbons (Fsp3) is 0.650. The molecule has 1 fully saturated rings. The molecule has 140 valence electrons. The zero-order chi connectivity index (χ0) is 17.7. The molecule has 1 heterocycles. The van der Waals surface area contributed by atoms with E-state index in [4.69, 9.17) is 9.47 Å². The van der Waals surface area contributed by atoms with Gasteiger partial charge in [0.1, 0.15) is 12.4 Å². The van der Waals surface area contributed by atoms with Crippen LogP contribution < -0.4 is 10.1 Å². The number of nitrogens with one attached hydrogen (secondary N) is 1. The van der Waals surface area contributed by atoms with Crippen LogP contribution in [0.3, 0.4) is 0 Å². The third kappa shape index (κ3) is 8.25. The average molecular weight is 348 g/mol. The van der Waals surface area contributed by atoms with Crippen LogP contribution >= 0.6 is 0 Å². The minimum atomic E-state index is -0.405. The predicted octanol–water partition coefficient (Wildman–Crippen LogP) is 4.68. The molecule has 1 aliphatic heterocycles. The van der Waals surface area contributed by atoms with Gasteiger partial charge in [-0.3, -0.25) is 10.2 Å². The van der Waals surface area contributed by atoms with Crippen molar-refractivity contribution in [1.29, 1.82) is 0 Å². The molecule has 1 aliphatic rings. The van der Waals surface area contributed by atoms with Crippen LogP contribution in [0, 0.1) is 0 Å². The number of carbonyl (C=O) groups is 1. The Morgan fingerprint density at radius 1 is 1.12 bits per heavy atom. The molecule has 2 rings (SSSR count). The predicted molar refractivity (Wildman–Crippen MR) is 101 cm³/mol. The summed E-state index contributed by atoms with van der Waals surface area (Å²) < 4.78 is 11.0. The fourth-order valence-corrected chi connectivity index (χ4v) is 2.99. The smallest absolute Gasteiger partial charge is 0.411 e. The second-order valence-corrected chi connectivity index (χ2v) is 6.60. The van der Waals surface area contributed by atoms with Gasteiger partial charge in [0.25, 0.3) is 0 Å². The molecule has 0 aliphatic carbocycles. The molecular formula is C20H32N2O3. The lowest BCUT2D eigenvalue weighted by Gasteiger charge is -2.25. The maximum absolute atomic E-state index is 11.9. The summed E-state index contributed by atoms with van der Waals surface area (Å²) in [5, 5.41) is 2.77. The Kier molecular flexibility index (Phi) is 9.19. The third-order valence-electron chi connectivity index (χ3n) is 4.44. The molecule has 0 saturated carbocycles. The molecule has 1 saturated heterocycles. The van der Waals surface area contributed by atoms with Crippen LogP contribution in [0.15, 0.2) is 24.3 Å². The summed E-state index contributed by atoms with van der Waals surface area (Å²) in [7, 11) is 0. The first-order chi connectivity index (χ1) is 12.3. The minimum Gasteiger partial charge on any atom is -0.494 e. The van der Waals surface area contributed by atoms with Crippen LogP contribution in [0.2, 0.25) is 0 Å². The molecule has 0 bridgehead atoms. The molecule has 0 aromatic heterocycles. The molecule has 5 nitrogen and oxygen atoms in total. The number of anilines is 1. The molecule has 0 atom stereocenters. The quantitative estimate of drug-likeness (QED) is 0.624. The second-order valence-electron chi connectivity index (χ2n) is 6.60. The van der Waals surface area contributed by atoms with Gasteiger partial charge in [-0.1, -0.05) is 38.7 Å². The van der Waals surface area contributed by atoms with Gasteiger partial charge in [0, 0.05) is 18.3 Å². The van der Waals surface area contributed by atoms with Crippen molar-refractivity contribution in [1.82, 2.24) is 4.90 Å². The molecule has 1 N–H and O–H groups in total. The maximum Gasteiger partial charge on any atom is 0.411 e. The van der Waals surface area contributed by atoms with Crippen LogP contribution in [-0.4, -0.2) is 43.8 Å². The van der Waals surface area contributed by atoms with Gasteiger partial charge in [-0.2, -0.15) is 0 Å². The number of nitrogens with zero attached hydrogens (tertiary/aromatic N) is 1. The van der Waals surface area contributed by atoms with Crippen molar-refractivity contribution in [2.45, 2.75) is 51.9 Å². The van der Waals surface area contributed by atoms with E-state index in [1.165, 1.54) is 38.5 Å². The van der Waals surface area contributed by atoms with Crippen LogP contribution in [-0.2, 0) is 4.74 Å². The summed E-state index contributed by atoms with van der Waals surface area (Å²) in [6, 6.07) is 7.47. The Hall–Kier alpha value is -1.75. The Labute approximate surface area is 151 Å². The molecule has 1 aromatic rings. The van der Waals surface area contributed by atoms with Crippen molar-refractivity contribution < 1.29 is 14.3 Å². The van der Waals surface area contributed by atoms with E-state index in [-0.39, 0.29) is 0 Å². The Morgan fingerprint density at radius 3 is 2.76 bits per heavy atom. The Morgan fingerprint density at radius 2 is 1.96 bits per heavy atom. The zero-order valence-electron chi connectivity index (χ0n) is 15.5. The topological polar surface area (TPSA) is 50.8 Å². The van der Waals surface area contributed by atoms with Gasteiger partial charge >= 0.3 is 6.09 Å². The highest BCUT2D eigenvalue weighted by Gasteiger charge is 2.11. The van der Waals surface area contributed by atoms with Crippen molar-refractivity contribution in [3.63, 3.8) is 0 Å². The van der Waals surface area contributed by atoms with Crippen LogP contribution in [0.25, 0.3) is 0 Å². The van der Waals surface area contributed by atoms with Crippen molar-refractivity contribution in [3.8, 4) is 5.75 Å². The lowest BCUT2D eigenvalue weighted by Crippen LogP contribution is -2.33. The molecule has 1 amide bonds.